The molecule has 2 nitrogen and oxygen atoms in total. The number of halogens is 1. The van der Waals surface area contributed by atoms with Crippen LogP contribution in [0, 0.1) is 12.3 Å². The van der Waals surface area contributed by atoms with E-state index in [2.05, 4.69) is 21.9 Å². The second-order valence-electron chi connectivity index (χ2n) is 3.12. The minimum atomic E-state index is 0.0409. The third-order valence-electron chi connectivity index (χ3n) is 2.22. The van der Waals surface area contributed by atoms with Crippen molar-refractivity contribution < 1.29 is 9.47 Å². The molecular weight excluding hydrogens is 256 g/mol. The molecule has 0 aliphatic rings. The maximum Gasteiger partial charge on any atom is 0.161 e. The summed E-state index contributed by atoms with van der Waals surface area (Å²) in [5.74, 6) is 4.11. The van der Waals surface area contributed by atoms with Gasteiger partial charge in [0.15, 0.2) is 11.5 Å². The van der Waals surface area contributed by atoms with Gasteiger partial charge in [0.05, 0.1) is 14.2 Å². The molecule has 3 heteroatoms. The van der Waals surface area contributed by atoms with Crippen molar-refractivity contribution in [1.82, 2.24) is 0 Å². The first-order valence-corrected chi connectivity index (χ1v) is 5.30. The lowest BCUT2D eigenvalue weighted by atomic mass is 10.0. The van der Waals surface area contributed by atoms with Gasteiger partial charge in [0, 0.05) is 10.4 Å². The van der Waals surface area contributed by atoms with Crippen LogP contribution in [0.1, 0.15) is 18.4 Å². The summed E-state index contributed by atoms with van der Waals surface area (Å²) in [7, 11) is 3.21. The van der Waals surface area contributed by atoms with Crippen molar-refractivity contribution in [3.8, 4) is 23.8 Å². The fourth-order valence-electron chi connectivity index (χ4n) is 1.29. The number of benzene rings is 1. The standard InChI is InChI=1S/C12H13BrO2/c1-5-8(2)9-6-11(14-3)12(15-4)7-10(9)13/h1,6-8H,2-4H3. The Morgan fingerprint density at radius 2 is 1.80 bits per heavy atom. The lowest BCUT2D eigenvalue weighted by Gasteiger charge is -2.13. The Bertz CT molecular complexity index is 393. The molecule has 0 bridgehead atoms. The average Bonchev–Trinajstić information content (AvgIpc) is 2.27. The number of ether oxygens (including phenoxy) is 2. The first kappa shape index (κ1) is 11.9. The Kier molecular flexibility index (Phi) is 4.05. The predicted molar refractivity (Wildman–Crippen MR) is 64.5 cm³/mol. The van der Waals surface area contributed by atoms with Crippen LogP contribution in [0.2, 0.25) is 0 Å². The van der Waals surface area contributed by atoms with Gasteiger partial charge in [-0.25, -0.2) is 0 Å². The smallest absolute Gasteiger partial charge is 0.161 e. The third kappa shape index (κ3) is 2.45. The minimum Gasteiger partial charge on any atom is -0.493 e. The number of methoxy groups -OCH3 is 2. The minimum absolute atomic E-state index is 0.0409. The average molecular weight is 269 g/mol. The summed E-state index contributed by atoms with van der Waals surface area (Å²) in [5.41, 5.74) is 1.02. The molecule has 0 saturated carbocycles. The van der Waals surface area contributed by atoms with E-state index < -0.39 is 0 Å². The highest BCUT2D eigenvalue weighted by atomic mass is 79.9. The molecule has 0 aliphatic carbocycles. The van der Waals surface area contributed by atoms with Crippen LogP contribution in [-0.4, -0.2) is 14.2 Å². The van der Waals surface area contributed by atoms with Crippen LogP contribution in [0.5, 0.6) is 11.5 Å². The molecule has 0 aliphatic heterocycles. The van der Waals surface area contributed by atoms with Gasteiger partial charge in [-0.05, 0) is 24.6 Å². The molecule has 1 rings (SSSR count). The summed E-state index contributed by atoms with van der Waals surface area (Å²) >= 11 is 3.46. The molecule has 0 N–H and O–H groups in total. The molecule has 0 fully saturated rings. The summed E-state index contributed by atoms with van der Waals surface area (Å²) in [6, 6.07) is 3.76. The highest BCUT2D eigenvalue weighted by molar-refractivity contribution is 9.10. The monoisotopic (exact) mass is 268 g/mol. The molecule has 0 saturated heterocycles. The van der Waals surface area contributed by atoms with Crippen molar-refractivity contribution in [2.45, 2.75) is 12.8 Å². The SMILES string of the molecule is C#CC(C)c1cc(OC)c(OC)cc1Br. The third-order valence-corrected chi connectivity index (χ3v) is 2.91. The van der Waals surface area contributed by atoms with Gasteiger partial charge in [-0.1, -0.05) is 21.9 Å². The van der Waals surface area contributed by atoms with Crippen LogP contribution in [0.15, 0.2) is 16.6 Å². The van der Waals surface area contributed by atoms with Gasteiger partial charge in [0.25, 0.3) is 0 Å². The van der Waals surface area contributed by atoms with Crippen LogP contribution >= 0.6 is 15.9 Å². The van der Waals surface area contributed by atoms with Crippen LogP contribution in [-0.2, 0) is 0 Å². The van der Waals surface area contributed by atoms with Gasteiger partial charge >= 0.3 is 0 Å². The maximum absolute atomic E-state index is 5.39. The van der Waals surface area contributed by atoms with Gasteiger partial charge in [-0.3, -0.25) is 0 Å². The second kappa shape index (κ2) is 5.09. The Morgan fingerprint density at radius 1 is 1.27 bits per heavy atom. The maximum atomic E-state index is 5.39. The van der Waals surface area contributed by atoms with Crippen LogP contribution in [0.3, 0.4) is 0 Å². The molecular formula is C12H13BrO2. The van der Waals surface area contributed by atoms with Crippen molar-refractivity contribution in [2.24, 2.45) is 0 Å². The zero-order chi connectivity index (χ0) is 11.4. The summed E-state index contributed by atoms with van der Waals surface area (Å²) in [5, 5.41) is 0. The molecule has 1 atom stereocenters. The quantitative estimate of drug-likeness (QED) is 0.784. The van der Waals surface area contributed by atoms with Gasteiger partial charge < -0.3 is 9.47 Å². The highest BCUT2D eigenvalue weighted by Crippen LogP contribution is 2.36. The highest BCUT2D eigenvalue weighted by Gasteiger charge is 2.12. The molecule has 1 unspecified atom stereocenters. The topological polar surface area (TPSA) is 18.5 Å². The van der Waals surface area contributed by atoms with Crippen LogP contribution in [0.4, 0.5) is 0 Å². The number of rotatable bonds is 3. The molecule has 0 aromatic heterocycles. The molecule has 1 aromatic carbocycles. The molecule has 0 spiro atoms. The summed E-state index contributed by atoms with van der Waals surface area (Å²) in [6.45, 7) is 1.96. The largest absolute Gasteiger partial charge is 0.493 e. The normalized spacial score (nSPS) is 11.7. The zero-order valence-electron chi connectivity index (χ0n) is 9.00. The fraction of sp³-hybridized carbons (Fsp3) is 0.333. The molecule has 15 heavy (non-hydrogen) atoms. The van der Waals surface area contributed by atoms with Crippen molar-refractivity contribution in [3.05, 3.63) is 22.2 Å². The van der Waals surface area contributed by atoms with E-state index in [0.717, 1.165) is 10.0 Å². The number of terminal acetylenes is 1. The lowest BCUT2D eigenvalue weighted by Crippen LogP contribution is -1.96. The van der Waals surface area contributed by atoms with E-state index in [0.29, 0.717) is 11.5 Å². The predicted octanol–water partition coefficient (Wildman–Crippen LogP) is 3.20. The van der Waals surface area contributed by atoms with Gasteiger partial charge in [-0.2, -0.15) is 0 Å². The van der Waals surface area contributed by atoms with E-state index in [1.54, 1.807) is 14.2 Å². The van der Waals surface area contributed by atoms with Crippen LogP contribution < -0.4 is 9.47 Å². The summed E-state index contributed by atoms with van der Waals surface area (Å²) < 4.78 is 11.3. The number of hydrogen-bond donors (Lipinski definition) is 0. The van der Waals surface area contributed by atoms with E-state index in [1.807, 2.05) is 19.1 Å². The Morgan fingerprint density at radius 3 is 2.27 bits per heavy atom. The molecule has 0 heterocycles. The Balaban J connectivity index is 3.27. The van der Waals surface area contributed by atoms with Gasteiger partial charge in [0.1, 0.15) is 0 Å². The van der Waals surface area contributed by atoms with E-state index in [4.69, 9.17) is 15.9 Å². The van der Waals surface area contributed by atoms with E-state index in [1.165, 1.54) is 0 Å². The number of hydrogen-bond acceptors (Lipinski definition) is 2. The first-order chi connectivity index (χ1) is 7.13. The Hall–Kier alpha value is -1.14. The summed E-state index contributed by atoms with van der Waals surface area (Å²) in [4.78, 5) is 0. The van der Waals surface area contributed by atoms with E-state index >= 15 is 0 Å². The molecule has 0 amide bonds. The fourth-order valence-corrected chi connectivity index (χ4v) is 1.96. The first-order valence-electron chi connectivity index (χ1n) is 4.51. The molecule has 0 radical (unpaired) electrons. The van der Waals surface area contributed by atoms with Crippen molar-refractivity contribution in [3.63, 3.8) is 0 Å². The van der Waals surface area contributed by atoms with Gasteiger partial charge in [0.2, 0.25) is 0 Å². The van der Waals surface area contributed by atoms with Gasteiger partial charge in [-0.15, -0.1) is 6.42 Å². The zero-order valence-corrected chi connectivity index (χ0v) is 10.6. The molecule has 80 valence electrons. The van der Waals surface area contributed by atoms with Crippen molar-refractivity contribution in [2.75, 3.05) is 14.2 Å². The second-order valence-corrected chi connectivity index (χ2v) is 3.97. The van der Waals surface area contributed by atoms with Crippen molar-refractivity contribution >= 4 is 15.9 Å². The van der Waals surface area contributed by atoms with E-state index in [9.17, 15) is 0 Å². The van der Waals surface area contributed by atoms with Crippen LogP contribution in [0.25, 0.3) is 0 Å². The molecule has 1 aromatic rings. The Labute approximate surface area is 98.7 Å². The van der Waals surface area contributed by atoms with Crippen molar-refractivity contribution in [1.29, 1.82) is 0 Å². The lowest BCUT2D eigenvalue weighted by molar-refractivity contribution is 0.354. The summed E-state index contributed by atoms with van der Waals surface area (Å²) in [6.07, 6.45) is 5.39. The van der Waals surface area contributed by atoms with E-state index in [-0.39, 0.29) is 5.92 Å².